The number of fused-ring (bicyclic) bond motifs is 1. The average molecular weight is 345 g/mol. The molecule has 0 saturated carbocycles. The second kappa shape index (κ2) is 5.55. The van der Waals surface area contributed by atoms with Crippen molar-refractivity contribution < 1.29 is 9.53 Å². The van der Waals surface area contributed by atoms with Crippen LogP contribution >= 0.6 is 0 Å². The van der Waals surface area contributed by atoms with Gasteiger partial charge in [0.25, 0.3) is 0 Å². The van der Waals surface area contributed by atoms with E-state index in [4.69, 9.17) is 4.74 Å². The summed E-state index contributed by atoms with van der Waals surface area (Å²) in [4.78, 5) is 14.9. The van der Waals surface area contributed by atoms with Gasteiger partial charge < -0.3 is 9.64 Å². The van der Waals surface area contributed by atoms with Crippen molar-refractivity contribution in [1.82, 2.24) is 4.90 Å². The Bertz CT molecular complexity index is 821. The van der Waals surface area contributed by atoms with Gasteiger partial charge in [0, 0.05) is 6.92 Å². The quantitative estimate of drug-likeness (QED) is 0.773. The van der Waals surface area contributed by atoms with Crippen LogP contribution in [-0.4, -0.2) is 29.1 Å². The number of carbonyl (C=O) groups is 1. The van der Waals surface area contributed by atoms with E-state index in [0.29, 0.717) is 12.5 Å². The van der Waals surface area contributed by atoms with E-state index in [1.807, 2.05) is 17.0 Å². The normalized spacial score (nSPS) is 31.0. The minimum Gasteiger partial charge on any atom is -0.361 e. The van der Waals surface area contributed by atoms with E-state index in [2.05, 4.69) is 60.7 Å². The zero-order chi connectivity index (χ0) is 17.8. The molecule has 2 fully saturated rings. The molecule has 0 N–H and O–H groups in total. The number of hydrogen-bond donors (Lipinski definition) is 0. The van der Waals surface area contributed by atoms with Gasteiger partial charge in [0.2, 0.25) is 5.91 Å². The number of benzene rings is 2. The molecule has 5 rings (SSSR count). The third-order valence-electron chi connectivity index (χ3n) is 6.46. The van der Waals surface area contributed by atoms with E-state index >= 15 is 0 Å². The molecule has 3 heteroatoms. The molecular formula is C23H23NO2. The molecule has 1 amide bonds. The Morgan fingerprint density at radius 2 is 1.65 bits per heavy atom. The number of nitrogens with zero attached hydrogens (tertiary/aromatic N) is 1. The van der Waals surface area contributed by atoms with Gasteiger partial charge in [-0.1, -0.05) is 72.8 Å². The molecule has 2 saturated heterocycles. The topological polar surface area (TPSA) is 29.5 Å². The lowest BCUT2D eigenvalue weighted by atomic mass is 9.65. The van der Waals surface area contributed by atoms with E-state index < -0.39 is 5.54 Å². The number of likely N-dealkylation sites (tertiary alicyclic amines) is 1. The molecule has 0 aromatic heterocycles. The average Bonchev–Trinajstić information content (AvgIpc) is 3.25. The summed E-state index contributed by atoms with van der Waals surface area (Å²) in [5.41, 5.74) is 1.63. The molecule has 0 unspecified atom stereocenters. The fraction of sp³-hybridized carbons (Fsp3) is 0.348. The first kappa shape index (κ1) is 15.8. The number of ether oxygens (including phenoxy) is 1. The van der Waals surface area contributed by atoms with Gasteiger partial charge in [0.05, 0.1) is 18.2 Å². The van der Waals surface area contributed by atoms with Crippen LogP contribution in [0.5, 0.6) is 0 Å². The Labute approximate surface area is 154 Å². The van der Waals surface area contributed by atoms with Crippen LogP contribution in [0.1, 0.15) is 30.9 Å². The predicted molar refractivity (Wildman–Crippen MR) is 101 cm³/mol. The second-order valence-electron chi connectivity index (χ2n) is 7.80. The first-order valence-corrected chi connectivity index (χ1v) is 9.40. The lowest BCUT2D eigenvalue weighted by Gasteiger charge is -2.54. The Kier molecular flexibility index (Phi) is 3.38. The van der Waals surface area contributed by atoms with Gasteiger partial charge in [-0.25, -0.2) is 0 Å². The SMILES string of the molecule is CC(=O)N1C[C@]23C=C[C@@H](C[C@@H]2CC1(c1ccccc1)c1ccccc1)O3. The number of carbonyl (C=O) groups excluding carboxylic acids is 1. The monoisotopic (exact) mass is 345 g/mol. The van der Waals surface area contributed by atoms with Crippen molar-refractivity contribution in [3.8, 4) is 0 Å². The first-order valence-electron chi connectivity index (χ1n) is 9.40. The standard InChI is InChI=1S/C23H23NO2/c1-17(25)24-16-22-13-12-21(26-22)14-20(22)15-23(24,18-8-4-2-5-9-18)19-10-6-3-7-11-19/h2-13,20-21H,14-16H2,1H3/t20-,21+,22-/m1/s1. The smallest absolute Gasteiger partial charge is 0.220 e. The maximum Gasteiger partial charge on any atom is 0.220 e. The van der Waals surface area contributed by atoms with Crippen LogP contribution in [0, 0.1) is 5.92 Å². The number of amides is 1. The lowest BCUT2D eigenvalue weighted by molar-refractivity contribution is -0.147. The Morgan fingerprint density at radius 1 is 1.04 bits per heavy atom. The van der Waals surface area contributed by atoms with Crippen molar-refractivity contribution in [1.29, 1.82) is 0 Å². The molecule has 26 heavy (non-hydrogen) atoms. The molecule has 2 aromatic rings. The Morgan fingerprint density at radius 3 is 2.19 bits per heavy atom. The molecule has 2 aromatic carbocycles. The maximum absolute atomic E-state index is 12.9. The van der Waals surface area contributed by atoms with Gasteiger partial charge in [0.15, 0.2) is 0 Å². The summed E-state index contributed by atoms with van der Waals surface area (Å²) in [7, 11) is 0. The summed E-state index contributed by atoms with van der Waals surface area (Å²) >= 11 is 0. The molecule has 0 aliphatic carbocycles. The highest BCUT2D eigenvalue weighted by Gasteiger charge is 2.60. The van der Waals surface area contributed by atoms with Crippen molar-refractivity contribution in [2.45, 2.75) is 37.0 Å². The van der Waals surface area contributed by atoms with Crippen LogP contribution in [0.25, 0.3) is 0 Å². The zero-order valence-electron chi connectivity index (χ0n) is 15.0. The van der Waals surface area contributed by atoms with Gasteiger partial charge in [-0.3, -0.25) is 4.79 Å². The fourth-order valence-electron chi connectivity index (χ4n) is 5.32. The second-order valence-corrected chi connectivity index (χ2v) is 7.80. The summed E-state index contributed by atoms with van der Waals surface area (Å²) in [5, 5.41) is 0. The summed E-state index contributed by atoms with van der Waals surface area (Å²) in [6.45, 7) is 2.30. The largest absolute Gasteiger partial charge is 0.361 e. The van der Waals surface area contributed by atoms with Gasteiger partial charge in [-0.15, -0.1) is 0 Å². The van der Waals surface area contributed by atoms with Crippen LogP contribution in [0.2, 0.25) is 0 Å². The van der Waals surface area contributed by atoms with Crippen molar-refractivity contribution in [3.05, 3.63) is 83.9 Å². The molecular weight excluding hydrogens is 322 g/mol. The zero-order valence-corrected chi connectivity index (χ0v) is 15.0. The van der Waals surface area contributed by atoms with Crippen molar-refractivity contribution in [2.24, 2.45) is 5.92 Å². The van der Waals surface area contributed by atoms with Gasteiger partial charge in [0.1, 0.15) is 5.60 Å². The highest BCUT2D eigenvalue weighted by molar-refractivity contribution is 5.76. The highest BCUT2D eigenvalue weighted by Crippen LogP contribution is 2.56. The third-order valence-corrected chi connectivity index (χ3v) is 6.46. The minimum atomic E-state index is -0.439. The minimum absolute atomic E-state index is 0.0953. The number of piperidine rings is 1. The number of hydrogen-bond acceptors (Lipinski definition) is 2. The molecule has 2 bridgehead atoms. The molecule has 3 heterocycles. The molecule has 3 aliphatic heterocycles. The van der Waals surface area contributed by atoms with Crippen LogP contribution < -0.4 is 0 Å². The van der Waals surface area contributed by atoms with Crippen LogP contribution in [0.4, 0.5) is 0 Å². The first-order chi connectivity index (χ1) is 12.6. The highest BCUT2D eigenvalue weighted by atomic mass is 16.5. The fourth-order valence-corrected chi connectivity index (χ4v) is 5.32. The van der Waals surface area contributed by atoms with Crippen molar-refractivity contribution >= 4 is 5.91 Å². The summed E-state index contributed by atoms with van der Waals surface area (Å²) < 4.78 is 6.30. The van der Waals surface area contributed by atoms with E-state index in [1.165, 1.54) is 11.1 Å². The number of rotatable bonds is 2. The summed E-state index contributed by atoms with van der Waals surface area (Å²) in [5.74, 6) is 0.520. The third kappa shape index (κ3) is 2.07. The molecule has 1 spiro atoms. The maximum atomic E-state index is 12.9. The predicted octanol–water partition coefficient (Wildman–Crippen LogP) is 3.90. The lowest BCUT2D eigenvalue weighted by Crippen LogP contribution is -2.62. The van der Waals surface area contributed by atoms with Gasteiger partial charge in [-0.05, 0) is 29.9 Å². The molecule has 0 radical (unpaired) electrons. The molecule has 3 aliphatic rings. The summed E-state index contributed by atoms with van der Waals surface area (Å²) in [6, 6.07) is 21.0. The van der Waals surface area contributed by atoms with E-state index in [-0.39, 0.29) is 17.6 Å². The Balaban J connectivity index is 1.72. The van der Waals surface area contributed by atoms with E-state index in [1.54, 1.807) is 6.92 Å². The van der Waals surface area contributed by atoms with Crippen LogP contribution in [-0.2, 0) is 15.1 Å². The Hall–Kier alpha value is -2.39. The van der Waals surface area contributed by atoms with E-state index in [0.717, 1.165) is 12.8 Å². The summed E-state index contributed by atoms with van der Waals surface area (Å²) in [6.07, 6.45) is 6.52. The van der Waals surface area contributed by atoms with Crippen molar-refractivity contribution in [3.63, 3.8) is 0 Å². The van der Waals surface area contributed by atoms with Crippen LogP contribution in [0.15, 0.2) is 72.8 Å². The van der Waals surface area contributed by atoms with Crippen LogP contribution in [0.3, 0.4) is 0 Å². The molecule has 132 valence electrons. The van der Waals surface area contributed by atoms with Gasteiger partial charge in [-0.2, -0.15) is 0 Å². The molecule has 3 atom stereocenters. The molecule has 3 nitrogen and oxygen atoms in total. The van der Waals surface area contributed by atoms with Gasteiger partial charge >= 0.3 is 0 Å². The van der Waals surface area contributed by atoms with E-state index in [9.17, 15) is 4.79 Å². The van der Waals surface area contributed by atoms with Crippen molar-refractivity contribution in [2.75, 3.05) is 6.54 Å².